The molecule has 36 heavy (non-hydrogen) atoms. The van der Waals surface area contributed by atoms with Crippen molar-refractivity contribution >= 4 is 11.0 Å². The van der Waals surface area contributed by atoms with Gasteiger partial charge in [0.25, 0.3) is 0 Å². The van der Waals surface area contributed by atoms with Crippen LogP contribution in [-0.2, 0) is 20.1 Å². The van der Waals surface area contributed by atoms with Gasteiger partial charge in [0.2, 0.25) is 5.88 Å². The highest BCUT2D eigenvalue weighted by atomic mass is 16.5. The van der Waals surface area contributed by atoms with E-state index in [1.54, 1.807) is 4.57 Å². The van der Waals surface area contributed by atoms with E-state index < -0.39 is 0 Å². The molecule has 0 spiro atoms. The average molecular weight is 485 g/mol. The molecule has 0 bridgehead atoms. The minimum atomic E-state index is 0.0134. The molecule has 1 atom stereocenters. The van der Waals surface area contributed by atoms with Crippen LogP contribution in [0, 0.1) is 5.41 Å². The third-order valence-corrected chi connectivity index (χ3v) is 6.80. The van der Waals surface area contributed by atoms with E-state index >= 15 is 0 Å². The first-order valence-corrected chi connectivity index (χ1v) is 12.9. The fraction of sp³-hybridized carbons (Fsp3) is 0.400. The number of rotatable bonds is 6. The molecule has 4 aromatic rings. The predicted octanol–water partition coefficient (Wildman–Crippen LogP) is 5.49. The monoisotopic (exact) mass is 484 g/mol. The van der Waals surface area contributed by atoms with Gasteiger partial charge in [-0.25, -0.2) is 9.78 Å². The molecule has 0 radical (unpaired) electrons. The lowest BCUT2D eigenvalue weighted by molar-refractivity contribution is 0.0810. The van der Waals surface area contributed by atoms with Crippen LogP contribution in [0.5, 0.6) is 5.88 Å². The van der Waals surface area contributed by atoms with Gasteiger partial charge in [-0.2, -0.15) is 0 Å². The van der Waals surface area contributed by atoms with Crippen LogP contribution in [0.15, 0.2) is 71.5 Å². The van der Waals surface area contributed by atoms with Crippen LogP contribution in [0.2, 0.25) is 0 Å². The van der Waals surface area contributed by atoms with Crippen LogP contribution in [0.1, 0.15) is 39.2 Å². The number of fused-ring (bicyclic) bond motifs is 1. The number of pyridine rings is 1. The second-order valence-electron chi connectivity index (χ2n) is 11.2. The topological polar surface area (TPSA) is 52.3 Å². The van der Waals surface area contributed by atoms with Crippen molar-refractivity contribution < 1.29 is 4.74 Å². The Morgan fingerprint density at radius 1 is 1.00 bits per heavy atom. The highest BCUT2D eigenvalue weighted by Gasteiger charge is 2.22. The van der Waals surface area contributed by atoms with Gasteiger partial charge in [-0.3, -0.25) is 14.0 Å². The van der Waals surface area contributed by atoms with Crippen molar-refractivity contribution in [1.82, 2.24) is 19.0 Å². The molecule has 0 aliphatic carbocycles. The van der Waals surface area contributed by atoms with Gasteiger partial charge in [-0.15, -0.1) is 0 Å². The number of ether oxygens (including phenoxy) is 1. The van der Waals surface area contributed by atoms with Crippen molar-refractivity contribution in [2.24, 2.45) is 12.5 Å². The summed E-state index contributed by atoms with van der Waals surface area (Å²) in [7, 11) is 1.84. The smallest absolute Gasteiger partial charge is 0.328 e. The van der Waals surface area contributed by atoms with Gasteiger partial charge < -0.3 is 4.74 Å². The van der Waals surface area contributed by atoms with Crippen molar-refractivity contribution in [1.29, 1.82) is 0 Å². The molecule has 6 heteroatoms. The molecule has 6 nitrogen and oxygen atoms in total. The first kappa shape index (κ1) is 24.3. The highest BCUT2D eigenvalue weighted by molar-refractivity contribution is 5.82. The molecule has 5 rings (SSSR count). The van der Waals surface area contributed by atoms with E-state index in [-0.39, 0.29) is 17.2 Å². The van der Waals surface area contributed by atoms with Crippen LogP contribution in [0.4, 0.5) is 0 Å². The molecule has 0 unspecified atom stereocenters. The average Bonchev–Trinajstić information content (AvgIpc) is 3.08. The SMILES string of the molecule is Cn1c(=O)n(CC(C)(C)C)c2ccc(-c3cccc(O[C@@H]4CCCN(Cc5ccccc5)C4)n3)cc21. The van der Waals surface area contributed by atoms with E-state index in [1.165, 1.54) is 5.56 Å². The summed E-state index contributed by atoms with van der Waals surface area (Å²) in [5, 5.41) is 0. The molecule has 188 valence electrons. The number of benzene rings is 2. The van der Waals surface area contributed by atoms with Gasteiger partial charge in [0.05, 0.1) is 16.7 Å². The van der Waals surface area contributed by atoms with Crippen molar-refractivity contribution in [3.63, 3.8) is 0 Å². The minimum Gasteiger partial charge on any atom is -0.473 e. The number of hydrogen-bond donors (Lipinski definition) is 0. The summed E-state index contributed by atoms with van der Waals surface area (Å²) in [4.78, 5) is 20.2. The first-order valence-electron chi connectivity index (χ1n) is 12.9. The molecular formula is C30H36N4O2. The Morgan fingerprint density at radius 3 is 2.58 bits per heavy atom. The summed E-state index contributed by atoms with van der Waals surface area (Å²) in [6.07, 6.45) is 2.28. The Kier molecular flexibility index (Phi) is 6.71. The van der Waals surface area contributed by atoms with Crippen LogP contribution >= 0.6 is 0 Å². The van der Waals surface area contributed by atoms with Gasteiger partial charge in [-0.1, -0.05) is 63.2 Å². The Hall–Kier alpha value is -3.38. The molecule has 1 aliphatic rings. The van der Waals surface area contributed by atoms with Gasteiger partial charge in [-0.05, 0) is 48.6 Å². The quantitative estimate of drug-likeness (QED) is 0.363. The standard InChI is InChI=1S/C30H36N4O2/c1-30(2,3)21-34-26-16-15-23(18-27(26)32(4)29(34)35)25-13-8-14-28(31-25)36-24-12-9-17-33(20-24)19-22-10-6-5-7-11-22/h5-8,10-11,13-16,18,24H,9,12,17,19-21H2,1-4H3/t24-/m1/s1. The number of hydrogen-bond acceptors (Lipinski definition) is 4. The maximum absolute atomic E-state index is 12.9. The number of likely N-dealkylation sites (tertiary alicyclic amines) is 1. The summed E-state index contributed by atoms with van der Waals surface area (Å²) in [6.45, 7) is 10.1. The molecule has 2 aromatic heterocycles. The van der Waals surface area contributed by atoms with E-state index in [0.29, 0.717) is 12.4 Å². The molecule has 0 saturated carbocycles. The Morgan fingerprint density at radius 2 is 1.81 bits per heavy atom. The van der Waals surface area contributed by atoms with Gasteiger partial charge in [0.15, 0.2) is 0 Å². The summed E-state index contributed by atoms with van der Waals surface area (Å²) >= 11 is 0. The molecule has 0 amide bonds. The van der Waals surface area contributed by atoms with Crippen molar-refractivity contribution in [3.05, 3.63) is 82.8 Å². The van der Waals surface area contributed by atoms with Crippen molar-refractivity contribution in [2.75, 3.05) is 13.1 Å². The lowest BCUT2D eigenvalue weighted by Gasteiger charge is -2.32. The number of imidazole rings is 1. The zero-order chi connectivity index (χ0) is 25.3. The number of aryl methyl sites for hydroxylation is 1. The van der Waals surface area contributed by atoms with E-state index in [4.69, 9.17) is 9.72 Å². The van der Waals surface area contributed by atoms with Crippen LogP contribution < -0.4 is 10.4 Å². The van der Waals surface area contributed by atoms with E-state index in [2.05, 4.69) is 68.1 Å². The van der Waals surface area contributed by atoms with Gasteiger partial charge >= 0.3 is 5.69 Å². The lowest BCUT2D eigenvalue weighted by atomic mass is 9.97. The zero-order valence-corrected chi connectivity index (χ0v) is 21.8. The normalized spacial score (nSPS) is 16.9. The van der Waals surface area contributed by atoms with Crippen molar-refractivity contribution in [2.45, 2.75) is 52.8 Å². The first-order chi connectivity index (χ1) is 17.3. The summed E-state index contributed by atoms with van der Waals surface area (Å²) in [5.41, 5.74) is 5.06. The van der Waals surface area contributed by atoms with E-state index in [9.17, 15) is 4.79 Å². The second kappa shape index (κ2) is 9.94. The number of nitrogens with zero attached hydrogens (tertiary/aromatic N) is 4. The lowest BCUT2D eigenvalue weighted by Crippen LogP contribution is -2.40. The maximum atomic E-state index is 12.9. The minimum absolute atomic E-state index is 0.0134. The number of aromatic nitrogens is 3. The Bertz CT molecular complexity index is 1400. The summed E-state index contributed by atoms with van der Waals surface area (Å²) in [5.74, 6) is 0.651. The Labute approximate surface area is 213 Å². The molecule has 1 saturated heterocycles. The molecule has 0 N–H and O–H groups in total. The van der Waals surface area contributed by atoms with E-state index in [0.717, 1.165) is 54.8 Å². The van der Waals surface area contributed by atoms with Crippen LogP contribution in [0.25, 0.3) is 22.3 Å². The molecule has 2 aromatic carbocycles. The Balaban J connectivity index is 1.34. The fourth-order valence-electron chi connectivity index (χ4n) is 5.10. The third kappa shape index (κ3) is 5.39. The highest BCUT2D eigenvalue weighted by Crippen LogP contribution is 2.27. The largest absolute Gasteiger partial charge is 0.473 e. The predicted molar refractivity (Wildman–Crippen MR) is 145 cm³/mol. The van der Waals surface area contributed by atoms with E-state index in [1.807, 2.05) is 35.9 Å². The van der Waals surface area contributed by atoms with Crippen LogP contribution in [-0.4, -0.2) is 38.2 Å². The van der Waals surface area contributed by atoms with Gasteiger partial charge in [0.1, 0.15) is 6.10 Å². The second-order valence-corrected chi connectivity index (χ2v) is 11.2. The molecule has 3 heterocycles. The summed E-state index contributed by atoms with van der Waals surface area (Å²) in [6, 6.07) is 22.7. The third-order valence-electron chi connectivity index (χ3n) is 6.80. The van der Waals surface area contributed by atoms with Crippen LogP contribution in [0.3, 0.4) is 0 Å². The van der Waals surface area contributed by atoms with Crippen molar-refractivity contribution in [3.8, 4) is 17.1 Å². The maximum Gasteiger partial charge on any atom is 0.328 e. The van der Waals surface area contributed by atoms with Gasteiger partial charge in [0, 0.05) is 38.3 Å². The fourth-order valence-corrected chi connectivity index (χ4v) is 5.10. The summed E-state index contributed by atoms with van der Waals surface area (Å²) < 4.78 is 9.96. The molecule has 1 aliphatic heterocycles. The zero-order valence-electron chi connectivity index (χ0n) is 21.8. The molecular weight excluding hydrogens is 448 g/mol. The molecule has 1 fully saturated rings. The number of piperidine rings is 1.